The number of benzene rings is 2. The molecule has 0 atom stereocenters. The van der Waals surface area contributed by atoms with E-state index >= 15 is 0 Å². The number of hydrogen-bond donors (Lipinski definition) is 3. The number of anilines is 1. The Kier molecular flexibility index (Phi) is 5.52. The predicted octanol–water partition coefficient (Wildman–Crippen LogP) is 6.20. The topological polar surface area (TPSA) is 104 Å². The van der Waals surface area contributed by atoms with Crippen LogP contribution in [0.4, 0.5) is 10.1 Å². The molecule has 0 aliphatic rings. The van der Waals surface area contributed by atoms with Crippen molar-refractivity contribution in [1.29, 1.82) is 0 Å². The van der Waals surface area contributed by atoms with Gasteiger partial charge in [-0.1, -0.05) is 6.07 Å². The zero-order valence-corrected chi connectivity index (χ0v) is 20.5. The lowest BCUT2D eigenvalue weighted by molar-refractivity contribution is 0.411. The normalized spacial score (nSPS) is 11.5. The van der Waals surface area contributed by atoms with Gasteiger partial charge in [-0.2, -0.15) is 5.10 Å². The SMILES string of the molecule is COc1cc(F)cc(-c2nccc3[nH]c(-c4n[nH]c5ccc(-c6cncc(NC(C)C)c6)cc45)nc23)c1. The molecule has 4 aromatic heterocycles. The van der Waals surface area contributed by atoms with Crippen LogP contribution in [0, 0.1) is 5.82 Å². The van der Waals surface area contributed by atoms with Gasteiger partial charge >= 0.3 is 0 Å². The zero-order valence-electron chi connectivity index (χ0n) is 20.5. The van der Waals surface area contributed by atoms with Crippen molar-refractivity contribution >= 4 is 27.6 Å². The molecule has 9 heteroatoms. The van der Waals surface area contributed by atoms with E-state index in [4.69, 9.17) is 9.72 Å². The van der Waals surface area contributed by atoms with E-state index in [-0.39, 0.29) is 0 Å². The summed E-state index contributed by atoms with van der Waals surface area (Å²) in [5, 5.41) is 12.0. The highest BCUT2D eigenvalue weighted by Crippen LogP contribution is 2.33. The minimum absolute atomic E-state index is 0.306. The third-order valence-corrected chi connectivity index (χ3v) is 6.10. The molecule has 37 heavy (non-hydrogen) atoms. The fourth-order valence-electron chi connectivity index (χ4n) is 4.46. The minimum atomic E-state index is -0.406. The molecule has 8 nitrogen and oxygen atoms in total. The molecule has 4 heterocycles. The molecule has 0 radical (unpaired) electrons. The summed E-state index contributed by atoms with van der Waals surface area (Å²) < 4.78 is 19.4. The van der Waals surface area contributed by atoms with Crippen LogP contribution >= 0.6 is 0 Å². The lowest BCUT2D eigenvalue weighted by Crippen LogP contribution is -2.09. The molecule has 0 aliphatic carbocycles. The Morgan fingerprint density at radius 2 is 1.81 bits per heavy atom. The third kappa shape index (κ3) is 4.24. The van der Waals surface area contributed by atoms with Crippen LogP contribution in [-0.4, -0.2) is 43.3 Å². The first-order chi connectivity index (χ1) is 18.0. The molecule has 2 aromatic carbocycles. The summed E-state index contributed by atoms with van der Waals surface area (Å²) >= 11 is 0. The van der Waals surface area contributed by atoms with Crippen LogP contribution < -0.4 is 10.1 Å². The Labute approximate surface area is 212 Å². The number of aromatic amines is 2. The van der Waals surface area contributed by atoms with Crippen LogP contribution in [0.3, 0.4) is 0 Å². The van der Waals surface area contributed by atoms with Gasteiger partial charge in [0, 0.05) is 47.2 Å². The molecule has 0 bridgehead atoms. The van der Waals surface area contributed by atoms with Gasteiger partial charge < -0.3 is 15.0 Å². The van der Waals surface area contributed by atoms with Gasteiger partial charge in [0.1, 0.15) is 22.8 Å². The first-order valence-electron chi connectivity index (χ1n) is 11.9. The number of methoxy groups -OCH3 is 1. The lowest BCUT2D eigenvalue weighted by atomic mass is 10.0. The second-order valence-corrected chi connectivity index (χ2v) is 9.11. The van der Waals surface area contributed by atoms with E-state index in [9.17, 15) is 4.39 Å². The molecule has 184 valence electrons. The van der Waals surface area contributed by atoms with Gasteiger partial charge in [-0.05, 0) is 55.8 Å². The number of nitrogens with zero attached hydrogens (tertiary/aromatic N) is 4. The van der Waals surface area contributed by atoms with Gasteiger partial charge in [0.25, 0.3) is 0 Å². The highest BCUT2D eigenvalue weighted by Gasteiger charge is 2.17. The van der Waals surface area contributed by atoms with Crippen molar-refractivity contribution in [3.8, 4) is 39.7 Å². The molecular weight excluding hydrogens is 469 g/mol. The van der Waals surface area contributed by atoms with Crippen molar-refractivity contribution in [2.24, 2.45) is 0 Å². The fourth-order valence-corrected chi connectivity index (χ4v) is 4.46. The molecule has 6 aromatic rings. The molecule has 0 amide bonds. The second-order valence-electron chi connectivity index (χ2n) is 9.11. The van der Waals surface area contributed by atoms with Crippen molar-refractivity contribution in [1.82, 2.24) is 30.1 Å². The van der Waals surface area contributed by atoms with Crippen LogP contribution in [0.15, 0.2) is 67.1 Å². The Morgan fingerprint density at radius 1 is 0.919 bits per heavy atom. The van der Waals surface area contributed by atoms with E-state index in [2.05, 4.69) is 56.4 Å². The van der Waals surface area contributed by atoms with E-state index in [0.29, 0.717) is 40.1 Å². The maximum Gasteiger partial charge on any atom is 0.159 e. The third-order valence-electron chi connectivity index (χ3n) is 6.10. The first-order valence-corrected chi connectivity index (χ1v) is 11.9. The van der Waals surface area contributed by atoms with Crippen molar-refractivity contribution in [2.75, 3.05) is 12.4 Å². The monoisotopic (exact) mass is 493 g/mol. The average molecular weight is 494 g/mol. The number of H-pyrrole nitrogens is 2. The summed E-state index contributed by atoms with van der Waals surface area (Å²) in [5.74, 6) is 0.596. The van der Waals surface area contributed by atoms with Crippen LogP contribution in [0.5, 0.6) is 5.75 Å². The lowest BCUT2D eigenvalue weighted by Gasteiger charge is -2.11. The van der Waals surface area contributed by atoms with E-state index in [1.807, 2.05) is 30.6 Å². The number of nitrogens with one attached hydrogen (secondary N) is 3. The van der Waals surface area contributed by atoms with Gasteiger partial charge in [-0.3, -0.25) is 15.1 Å². The zero-order chi connectivity index (χ0) is 25.5. The van der Waals surface area contributed by atoms with Crippen molar-refractivity contribution < 1.29 is 9.13 Å². The van der Waals surface area contributed by atoms with Gasteiger partial charge in [0.15, 0.2) is 5.82 Å². The van der Waals surface area contributed by atoms with Gasteiger partial charge in [-0.15, -0.1) is 0 Å². The largest absolute Gasteiger partial charge is 0.497 e. The molecule has 6 rings (SSSR count). The highest BCUT2D eigenvalue weighted by molar-refractivity contribution is 5.97. The Balaban J connectivity index is 1.45. The van der Waals surface area contributed by atoms with E-state index < -0.39 is 5.82 Å². The fraction of sp³-hybridized carbons (Fsp3) is 0.143. The Bertz CT molecular complexity index is 1760. The van der Waals surface area contributed by atoms with Gasteiger partial charge in [0.2, 0.25) is 0 Å². The summed E-state index contributed by atoms with van der Waals surface area (Å²) in [6.07, 6.45) is 5.33. The molecule has 0 saturated carbocycles. The molecule has 0 unspecified atom stereocenters. The van der Waals surface area contributed by atoms with E-state index in [1.165, 1.54) is 19.2 Å². The predicted molar refractivity (Wildman–Crippen MR) is 143 cm³/mol. The van der Waals surface area contributed by atoms with Gasteiger partial charge in [-0.25, -0.2) is 9.37 Å². The standard InChI is InChI=1S/C28H24FN7O/c1-15(2)32-20-9-18(13-30-14-20)16-4-5-23-22(11-16)26(36-35-23)28-33-24-6-7-31-25(27(24)34-28)17-8-19(29)12-21(10-17)37-3/h4-15,32H,1-3H3,(H,33,34)(H,35,36). The summed E-state index contributed by atoms with van der Waals surface area (Å²) in [4.78, 5) is 17.1. The summed E-state index contributed by atoms with van der Waals surface area (Å²) in [6, 6.07) is 14.8. The smallest absolute Gasteiger partial charge is 0.159 e. The van der Waals surface area contributed by atoms with Crippen LogP contribution in [0.1, 0.15) is 13.8 Å². The Morgan fingerprint density at radius 3 is 2.65 bits per heavy atom. The number of pyridine rings is 2. The number of halogens is 1. The number of imidazole rings is 1. The average Bonchev–Trinajstić information content (AvgIpc) is 3.51. The van der Waals surface area contributed by atoms with Crippen molar-refractivity contribution in [2.45, 2.75) is 19.9 Å². The maximum atomic E-state index is 14.2. The van der Waals surface area contributed by atoms with Crippen LogP contribution in [0.2, 0.25) is 0 Å². The summed E-state index contributed by atoms with van der Waals surface area (Å²) in [7, 11) is 1.50. The molecular formula is C28H24FN7O. The summed E-state index contributed by atoms with van der Waals surface area (Å²) in [5.41, 5.74) is 7.07. The first kappa shape index (κ1) is 22.7. The Hall–Kier alpha value is -4.79. The number of ether oxygens (including phenoxy) is 1. The molecule has 0 aliphatic heterocycles. The number of aromatic nitrogens is 6. The molecule has 0 spiro atoms. The van der Waals surface area contributed by atoms with E-state index in [0.717, 1.165) is 33.2 Å². The van der Waals surface area contributed by atoms with Crippen LogP contribution in [0.25, 0.3) is 55.8 Å². The van der Waals surface area contributed by atoms with Crippen molar-refractivity contribution in [3.05, 3.63) is 72.9 Å². The number of hydrogen-bond acceptors (Lipinski definition) is 6. The van der Waals surface area contributed by atoms with E-state index in [1.54, 1.807) is 12.3 Å². The quantitative estimate of drug-likeness (QED) is 0.255. The molecule has 0 saturated heterocycles. The molecule has 0 fully saturated rings. The number of fused-ring (bicyclic) bond motifs is 2. The summed E-state index contributed by atoms with van der Waals surface area (Å²) in [6.45, 7) is 4.19. The number of rotatable bonds is 6. The molecule has 3 N–H and O–H groups in total. The second kappa shape index (κ2) is 9.02. The van der Waals surface area contributed by atoms with Gasteiger partial charge in [0.05, 0.1) is 29.5 Å². The minimum Gasteiger partial charge on any atom is -0.497 e. The van der Waals surface area contributed by atoms with Crippen LogP contribution in [-0.2, 0) is 0 Å². The maximum absolute atomic E-state index is 14.2. The van der Waals surface area contributed by atoms with Crippen molar-refractivity contribution in [3.63, 3.8) is 0 Å². The highest BCUT2D eigenvalue weighted by atomic mass is 19.1.